The molecule has 5 heteroatoms. The lowest BCUT2D eigenvalue weighted by molar-refractivity contribution is -0.146. The molecule has 0 aromatic heterocycles. The van der Waals surface area contributed by atoms with E-state index in [1.54, 1.807) is 0 Å². The summed E-state index contributed by atoms with van der Waals surface area (Å²) < 4.78 is 0. The van der Waals surface area contributed by atoms with Crippen LogP contribution in [0.1, 0.15) is 44.9 Å². The third-order valence-electron chi connectivity index (χ3n) is 4.60. The molecule has 1 amide bonds. The number of carbonyl (C=O) groups is 2. The quantitative estimate of drug-likeness (QED) is 0.801. The topological polar surface area (TPSA) is 69.6 Å². The van der Waals surface area contributed by atoms with Crippen LogP contribution in [0.2, 0.25) is 0 Å². The molecule has 2 rings (SSSR count). The van der Waals surface area contributed by atoms with Gasteiger partial charge >= 0.3 is 5.97 Å². The molecule has 1 aliphatic heterocycles. The summed E-state index contributed by atoms with van der Waals surface area (Å²) in [5.41, 5.74) is 0. The molecule has 0 unspecified atom stereocenters. The minimum Gasteiger partial charge on any atom is -0.481 e. The highest BCUT2D eigenvalue weighted by molar-refractivity contribution is 5.85. The maximum atomic E-state index is 12.1. The van der Waals surface area contributed by atoms with Crippen molar-refractivity contribution in [2.45, 2.75) is 44.9 Å². The molecule has 2 aliphatic rings. The summed E-state index contributed by atoms with van der Waals surface area (Å²) in [6.45, 7) is 3.77. The molecule has 0 radical (unpaired) electrons. The number of nitrogens with zero attached hydrogens (tertiary/aromatic N) is 1. The highest BCUT2D eigenvalue weighted by atomic mass is 16.4. The van der Waals surface area contributed by atoms with Crippen molar-refractivity contribution in [1.82, 2.24) is 10.2 Å². The number of carboxylic acids is 1. The summed E-state index contributed by atoms with van der Waals surface area (Å²) in [5, 5.41) is 12.0. The van der Waals surface area contributed by atoms with Crippen LogP contribution >= 0.6 is 0 Å². The Morgan fingerprint density at radius 1 is 1.00 bits per heavy atom. The fraction of sp³-hybridized carbons (Fsp3) is 0.867. The van der Waals surface area contributed by atoms with Gasteiger partial charge in [-0.05, 0) is 38.8 Å². The summed E-state index contributed by atoms with van der Waals surface area (Å²) in [6.07, 6.45) is 7.32. The Bertz CT molecular complexity index is 338. The van der Waals surface area contributed by atoms with Crippen molar-refractivity contribution in [3.8, 4) is 0 Å². The lowest BCUT2D eigenvalue weighted by Gasteiger charge is -2.21. The number of rotatable bonds is 5. The molecule has 1 aliphatic carbocycles. The van der Waals surface area contributed by atoms with Crippen LogP contribution in [0.4, 0.5) is 0 Å². The van der Waals surface area contributed by atoms with Crippen LogP contribution in [0.25, 0.3) is 0 Å². The molecule has 2 atom stereocenters. The number of hydrogen-bond donors (Lipinski definition) is 2. The van der Waals surface area contributed by atoms with Crippen LogP contribution in [0.15, 0.2) is 0 Å². The second-order valence-corrected chi connectivity index (χ2v) is 6.03. The van der Waals surface area contributed by atoms with Crippen molar-refractivity contribution in [2.24, 2.45) is 11.8 Å². The maximum Gasteiger partial charge on any atom is 0.307 e. The molecule has 1 saturated carbocycles. The molecular weight excluding hydrogens is 256 g/mol. The summed E-state index contributed by atoms with van der Waals surface area (Å²) >= 11 is 0. The first-order valence-corrected chi connectivity index (χ1v) is 7.91. The Morgan fingerprint density at radius 3 is 2.30 bits per heavy atom. The van der Waals surface area contributed by atoms with E-state index in [1.165, 1.54) is 25.7 Å². The second-order valence-electron chi connectivity index (χ2n) is 6.03. The minimum atomic E-state index is -0.824. The van der Waals surface area contributed by atoms with Gasteiger partial charge in [-0.2, -0.15) is 0 Å². The molecule has 0 aromatic carbocycles. The van der Waals surface area contributed by atoms with Gasteiger partial charge in [0.1, 0.15) is 0 Å². The Kier molecular flexibility index (Phi) is 5.83. The van der Waals surface area contributed by atoms with Gasteiger partial charge in [-0.25, -0.2) is 0 Å². The first-order valence-electron chi connectivity index (χ1n) is 7.91. The fourth-order valence-electron chi connectivity index (χ4n) is 3.40. The summed E-state index contributed by atoms with van der Waals surface area (Å²) in [7, 11) is 0. The molecule has 0 aromatic rings. The third-order valence-corrected chi connectivity index (χ3v) is 4.60. The number of carboxylic acid groups (broad SMARTS) is 1. The van der Waals surface area contributed by atoms with Crippen LogP contribution in [-0.2, 0) is 9.59 Å². The molecule has 0 bridgehead atoms. The molecular formula is C15H26N2O3. The Balaban J connectivity index is 1.70. The van der Waals surface area contributed by atoms with Gasteiger partial charge < -0.3 is 15.3 Å². The van der Waals surface area contributed by atoms with E-state index in [0.29, 0.717) is 19.4 Å². The van der Waals surface area contributed by atoms with Crippen LogP contribution in [0, 0.1) is 11.8 Å². The number of carbonyl (C=O) groups excluding carboxylic acids is 1. The van der Waals surface area contributed by atoms with Crippen molar-refractivity contribution < 1.29 is 14.7 Å². The van der Waals surface area contributed by atoms with Gasteiger partial charge in [-0.3, -0.25) is 9.59 Å². The van der Waals surface area contributed by atoms with Crippen molar-refractivity contribution in [2.75, 3.05) is 26.2 Å². The molecule has 1 saturated heterocycles. The first-order chi connectivity index (χ1) is 9.68. The van der Waals surface area contributed by atoms with E-state index in [9.17, 15) is 9.59 Å². The smallest absolute Gasteiger partial charge is 0.307 e. The maximum absolute atomic E-state index is 12.1. The molecule has 1 heterocycles. The van der Waals surface area contributed by atoms with E-state index in [0.717, 1.165) is 26.1 Å². The van der Waals surface area contributed by atoms with Crippen LogP contribution in [0.5, 0.6) is 0 Å². The zero-order valence-electron chi connectivity index (χ0n) is 12.1. The van der Waals surface area contributed by atoms with E-state index >= 15 is 0 Å². The minimum absolute atomic E-state index is 0.0651. The van der Waals surface area contributed by atoms with Gasteiger partial charge in [0.2, 0.25) is 5.91 Å². The lowest BCUT2D eigenvalue weighted by atomic mass is 9.95. The number of nitrogens with one attached hydrogen (secondary N) is 1. The van der Waals surface area contributed by atoms with E-state index < -0.39 is 11.9 Å². The average molecular weight is 282 g/mol. The first kappa shape index (κ1) is 15.3. The van der Waals surface area contributed by atoms with Crippen molar-refractivity contribution >= 4 is 11.9 Å². The Labute approximate surface area is 120 Å². The second kappa shape index (κ2) is 7.62. The molecule has 114 valence electrons. The van der Waals surface area contributed by atoms with Gasteiger partial charge in [0.25, 0.3) is 0 Å². The molecule has 0 spiro atoms. The van der Waals surface area contributed by atoms with Gasteiger partial charge in [0.15, 0.2) is 0 Å². The lowest BCUT2D eigenvalue weighted by Crippen LogP contribution is -2.40. The standard InChI is InChI=1S/C15H26N2O3/c18-14(12-6-5-7-13(12)15(19)20)16-8-11-17-9-3-1-2-4-10-17/h12-13H,1-11H2,(H,16,18)(H,19,20)/t12-,13+/m1/s1. The largest absolute Gasteiger partial charge is 0.481 e. The molecule has 2 N–H and O–H groups in total. The van der Waals surface area contributed by atoms with Crippen molar-refractivity contribution in [3.63, 3.8) is 0 Å². The number of aliphatic carboxylic acids is 1. The summed E-state index contributed by atoms with van der Waals surface area (Å²) in [4.78, 5) is 25.6. The van der Waals surface area contributed by atoms with Gasteiger partial charge in [0.05, 0.1) is 11.8 Å². The number of likely N-dealkylation sites (tertiary alicyclic amines) is 1. The normalized spacial score (nSPS) is 28.0. The molecule has 20 heavy (non-hydrogen) atoms. The third kappa shape index (κ3) is 4.20. The van der Waals surface area contributed by atoms with E-state index in [-0.39, 0.29) is 11.8 Å². The SMILES string of the molecule is O=C(O)[C@H]1CCC[C@H]1C(=O)NCCN1CCCCCC1. The summed E-state index contributed by atoms with van der Waals surface area (Å²) in [6, 6.07) is 0. The van der Waals surface area contributed by atoms with Gasteiger partial charge in [-0.1, -0.05) is 19.3 Å². The highest BCUT2D eigenvalue weighted by Crippen LogP contribution is 2.31. The zero-order valence-corrected chi connectivity index (χ0v) is 12.1. The summed E-state index contributed by atoms with van der Waals surface area (Å²) in [5.74, 6) is -1.69. The zero-order chi connectivity index (χ0) is 14.4. The van der Waals surface area contributed by atoms with Crippen LogP contribution in [-0.4, -0.2) is 48.1 Å². The Morgan fingerprint density at radius 2 is 1.65 bits per heavy atom. The fourth-order valence-corrected chi connectivity index (χ4v) is 3.40. The monoisotopic (exact) mass is 282 g/mol. The average Bonchev–Trinajstić information content (AvgIpc) is 2.78. The Hall–Kier alpha value is -1.10. The van der Waals surface area contributed by atoms with Gasteiger partial charge in [0, 0.05) is 13.1 Å². The molecule has 2 fully saturated rings. The van der Waals surface area contributed by atoms with Crippen molar-refractivity contribution in [3.05, 3.63) is 0 Å². The van der Waals surface area contributed by atoms with E-state index in [2.05, 4.69) is 10.2 Å². The molecule has 5 nitrogen and oxygen atoms in total. The van der Waals surface area contributed by atoms with Crippen molar-refractivity contribution in [1.29, 1.82) is 0 Å². The highest BCUT2D eigenvalue weighted by Gasteiger charge is 2.37. The predicted octanol–water partition coefficient (Wildman–Crippen LogP) is 1.48. The predicted molar refractivity (Wildman–Crippen MR) is 76.4 cm³/mol. The number of hydrogen-bond acceptors (Lipinski definition) is 3. The van der Waals surface area contributed by atoms with Crippen LogP contribution < -0.4 is 5.32 Å². The number of amides is 1. The van der Waals surface area contributed by atoms with E-state index in [4.69, 9.17) is 5.11 Å². The van der Waals surface area contributed by atoms with E-state index in [1.807, 2.05) is 0 Å². The van der Waals surface area contributed by atoms with Crippen LogP contribution in [0.3, 0.4) is 0 Å². The van der Waals surface area contributed by atoms with Gasteiger partial charge in [-0.15, -0.1) is 0 Å².